The van der Waals surface area contributed by atoms with Gasteiger partial charge in [0, 0.05) is 41.5 Å². The molecule has 1 aliphatic heterocycles. The number of benzene rings is 3. The van der Waals surface area contributed by atoms with Crippen molar-refractivity contribution in [1.82, 2.24) is 9.88 Å². The minimum absolute atomic E-state index is 0.0435. The highest BCUT2D eigenvalue weighted by molar-refractivity contribution is 6.08. The van der Waals surface area contributed by atoms with Crippen molar-refractivity contribution < 1.29 is 9.59 Å². The highest BCUT2D eigenvalue weighted by Gasteiger charge is 2.28. The number of hydrogen-bond acceptors (Lipinski definition) is 3. The summed E-state index contributed by atoms with van der Waals surface area (Å²) in [7, 11) is 0. The summed E-state index contributed by atoms with van der Waals surface area (Å²) in [6.07, 6.45) is 2.43. The van der Waals surface area contributed by atoms with Crippen LogP contribution in [0.5, 0.6) is 0 Å². The van der Waals surface area contributed by atoms with Crippen LogP contribution in [0.3, 0.4) is 0 Å². The number of carbonyl (C=O) groups is 2. The van der Waals surface area contributed by atoms with Crippen LogP contribution in [0.1, 0.15) is 43.0 Å². The van der Waals surface area contributed by atoms with Crippen LogP contribution in [0.15, 0.2) is 72.9 Å². The van der Waals surface area contributed by atoms with Crippen molar-refractivity contribution in [3.05, 3.63) is 106 Å². The first kappa shape index (κ1) is 20.9. The van der Waals surface area contributed by atoms with Crippen molar-refractivity contribution in [3.63, 3.8) is 0 Å². The number of rotatable bonds is 4. The Hall–Kier alpha value is -3.99. The highest BCUT2D eigenvalue weighted by atomic mass is 16.2. The second-order valence-electron chi connectivity index (χ2n) is 8.55. The van der Waals surface area contributed by atoms with Gasteiger partial charge in [0.2, 0.25) is 0 Å². The Kier molecular flexibility index (Phi) is 5.38. The molecule has 2 heterocycles. The minimum Gasteiger partial charge on any atom is -0.334 e. The molecule has 5 nitrogen and oxygen atoms in total. The number of carbonyl (C=O) groups excluding carboxylic acids is 2. The van der Waals surface area contributed by atoms with Crippen LogP contribution in [-0.4, -0.2) is 28.2 Å². The summed E-state index contributed by atoms with van der Waals surface area (Å²) in [6, 6.07) is 21.2. The molecule has 164 valence electrons. The molecule has 33 heavy (non-hydrogen) atoms. The Morgan fingerprint density at radius 3 is 2.70 bits per heavy atom. The van der Waals surface area contributed by atoms with Crippen molar-refractivity contribution in [1.29, 1.82) is 0 Å². The average molecular weight is 436 g/mol. The fourth-order valence-corrected chi connectivity index (χ4v) is 4.45. The van der Waals surface area contributed by atoms with Gasteiger partial charge in [-0.3, -0.25) is 14.6 Å². The van der Waals surface area contributed by atoms with E-state index in [1.165, 1.54) is 5.56 Å². The minimum atomic E-state index is -0.184. The van der Waals surface area contributed by atoms with Crippen LogP contribution >= 0.6 is 0 Å². The molecule has 0 radical (unpaired) electrons. The van der Waals surface area contributed by atoms with E-state index in [0.29, 0.717) is 30.6 Å². The van der Waals surface area contributed by atoms with Crippen LogP contribution in [0, 0.1) is 13.8 Å². The molecule has 0 unspecified atom stereocenters. The predicted octanol–water partition coefficient (Wildman–Crippen LogP) is 5.30. The van der Waals surface area contributed by atoms with Crippen LogP contribution < -0.4 is 5.32 Å². The number of fused-ring (bicyclic) bond motifs is 2. The van der Waals surface area contributed by atoms with E-state index >= 15 is 0 Å². The normalized spacial score (nSPS) is 13.2. The zero-order valence-corrected chi connectivity index (χ0v) is 18.8. The van der Waals surface area contributed by atoms with E-state index in [0.717, 1.165) is 33.3 Å². The molecule has 0 fully saturated rings. The van der Waals surface area contributed by atoms with Gasteiger partial charge in [0.25, 0.3) is 11.8 Å². The van der Waals surface area contributed by atoms with Gasteiger partial charge in [-0.05, 0) is 78.9 Å². The van der Waals surface area contributed by atoms with Crippen LogP contribution in [0.2, 0.25) is 0 Å². The number of nitrogens with one attached hydrogen (secondary N) is 1. The van der Waals surface area contributed by atoms with Crippen molar-refractivity contribution in [2.45, 2.75) is 26.8 Å². The van der Waals surface area contributed by atoms with E-state index in [4.69, 9.17) is 0 Å². The summed E-state index contributed by atoms with van der Waals surface area (Å²) >= 11 is 0. The van der Waals surface area contributed by atoms with Gasteiger partial charge in [0.1, 0.15) is 0 Å². The van der Waals surface area contributed by atoms with E-state index < -0.39 is 0 Å². The van der Waals surface area contributed by atoms with E-state index in [-0.39, 0.29) is 11.8 Å². The number of anilines is 1. The number of hydrogen-bond donors (Lipinski definition) is 1. The maximum absolute atomic E-state index is 13.4. The lowest BCUT2D eigenvalue weighted by molar-refractivity contribution is 0.0727. The number of amides is 2. The number of nitrogens with zero attached hydrogens (tertiary/aromatic N) is 2. The molecule has 1 N–H and O–H groups in total. The van der Waals surface area contributed by atoms with Crippen molar-refractivity contribution >= 4 is 28.4 Å². The van der Waals surface area contributed by atoms with Gasteiger partial charge in [-0.25, -0.2) is 0 Å². The van der Waals surface area contributed by atoms with E-state index in [1.807, 2.05) is 73.3 Å². The summed E-state index contributed by atoms with van der Waals surface area (Å²) < 4.78 is 0. The number of para-hydroxylation sites is 1. The van der Waals surface area contributed by atoms with Gasteiger partial charge in [-0.15, -0.1) is 0 Å². The van der Waals surface area contributed by atoms with Gasteiger partial charge in [-0.2, -0.15) is 0 Å². The Balaban J connectivity index is 1.40. The van der Waals surface area contributed by atoms with Crippen LogP contribution in [0.25, 0.3) is 10.9 Å². The molecule has 2 amide bonds. The lowest BCUT2D eigenvalue weighted by atomic mass is 9.93. The molecule has 1 aliphatic rings. The Bertz CT molecular complexity index is 1390. The predicted molar refractivity (Wildman–Crippen MR) is 130 cm³/mol. The molecule has 0 spiro atoms. The summed E-state index contributed by atoms with van der Waals surface area (Å²) in [5.74, 6) is -0.227. The Morgan fingerprint density at radius 1 is 1.00 bits per heavy atom. The Morgan fingerprint density at radius 2 is 1.85 bits per heavy atom. The fourth-order valence-electron chi connectivity index (χ4n) is 4.45. The Labute approximate surface area is 193 Å². The highest BCUT2D eigenvalue weighted by Crippen LogP contribution is 2.26. The van der Waals surface area contributed by atoms with Gasteiger partial charge in [0.15, 0.2) is 0 Å². The van der Waals surface area contributed by atoms with Crippen LogP contribution in [0.4, 0.5) is 5.69 Å². The monoisotopic (exact) mass is 435 g/mol. The molecule has 0 bridgehead atoms. The number of aromatic nitrogens is 1. The molecule has 0 saturated heterocycles. The van der Waals surface area contributed by atoms with Crippen molar-refractivity contribution in [3.8, 4) is 0 Å². The summed E-state index contributed by atoms with van der Waals surface area (Å²) in [4.78, 5) is 32.7. The maximum atomic E-state index is 13.4. The third kappa shape index (κ3) is 3.98. The first-order chi connectivity index (χ1) is 16.0. The smallest absolute Gasteiger partial charge is 0.255 e. The lowest BCUT2D eigenvalue weighted by Crippen LogP contribution is -2.38. The summed E-state index contributed by atoms with van der Waals surface area (Å²) in [6.45, 7) is 5.14. The molecular formula is C28H25N3O2. The second-order valence-corrected chi connectivity index (χ2v) is 8.55. The first-order valence-electron chi connectivity index (χ1n) is 11.1. The van der Waals surface area contributed by atoms with Gasteiger partial charge >= 0.3 is 0 Å². The quantitative estimate of drug-likeness (QED) is 0.473. The number of aryl methyl sites for hydroxylation is 2. The number of pyridine rings is 1. The third-order valence-corrected chi connectivity index (χ3v) is 6.44. The topological polar surface area (TPSA) is 62.3 Å². The molecule has 0 saturated carbocycles. The molecular weight excluding hydrogens is 410 g/mol. The maximum Gasteiger partial charge on any atom is 0.255 e. The molecule has 0 atom stereocenters. The fraction of sp³-hybridized carbons (Fsp3) is 0.179. The second kappa shape index (κ2) is 8.51. The van der Waals surface area contributed by atoms with Crippen molar-refractivity contribution in [2.75, 3.05) is 11.9 Å². The molecule has 3 aromatic carbocycles. The van der Waals surface area contributed by atoms with Gasteiger partial charge < -0.3 is 10.2 Å². The van der Waals surface area contributed by atoms with Crippen LogP contribution in [-0.2, 0) is 13.0 Å². The average Bonchev–Trinajstić information content (AvgIpc) is 2.83. The molecule has 4 aromatic rings. The van der Waals surface area contributed by atoms with E-state index in [1.54, 1.807) is 18.3 Å². The largest absolute Gasteiger partial charge is 0.334 e. The summed E-state index contributed by atoms with van der Waals surface area (Å²) in [5, 5.41) is 4.05. The SMILES string of the molecule is Cc1ccc(NC(=O)c2cccc3c2CCN(Cc2ccnc4ccccc24)C3=O)cc1C. The van der Waals surface area contributed by atoms with E-state index in [2.05, 4.69) is 10.3 Å². The van der Waals surface area contributed by atoms with Gasteiger partial charge in [0.05, 0.1) is 5.52 Å². The summed E-state index contributed by atoms with van der Waals surface area (Å²) in [5.41, 5.74) is 7.04. The molecule has 1 aromatic heterocycles. The third-order valence-electron chi connectivity index (χ3n) is 6.44. The van der Waals surface area contributed by atoms with Gasteiger partial charge in [-0.1, -0.05) is 30.3 Å². The standard InChI is InChI=1S/C28H25N3O2/c1-18-10-11-21(16-19(18)2)30-27(32)24-7-5-8-25-23(24)13-15-31(28(25)33)17-20-12-14-29-26-9-4-3-6-22(20)26/h3-12,14,16H,13,15,17H2,1-2H3,(H,30,32). The molecule has 5 heteroatoms. The first-order valence-corrected chi connectivity index (χ1v) is 11.1. The van der Waals surface area contributed by atoms with Crippen molar-refractivity contribution in [2.24, 2.45) is 0 Å². The molecule has 5 rings (SSSR count). The zero-order valence-electron chi connectivity index (χ0n) is 18.8. The van der Waals surface area contributed by atoms with E-state index in [9.17, 15) is 9.59 Å². The lowest BCUT2D eigenvalue weighted by Gasteiger charge is -2.30. The zero-order chi connectivity index (χ0) is 22.9. The molecule has 0 aliphatic carbocycles.